The Morgan fingerprint density at radius 3 is 2.45 bits per heavy atom. The first-order valence-electron chi connectivity index (χ1n) is 10.8. The SMILES string of the molecule is COC(=O)[C@@H]1CC/C=C/C[C@H](NC(=O)OC(C)(C)C)C(=O)N1Cc1ccc(OC)cc1OC. The molecule has 0 radical (unpaired) electrons. The molecule has 1 N–H and O–H groups in total. The van der Waals surface area contributed by atoms with Gasteiger partial charge in [-0.25, -0.2) is 9.59 Å². The minimum Gasteiger partial charge on any atom is -0.497 e. The van der Waals surface area contributed by atoms with Crippen molar-refractivity contribution < 1.29 is 33.3 Å². The molecule has 9 heteroatoms. The number of hydrogen-bond acceptors (Lipinski definition) is 7. The van der Waals surface area contributed by atoms with Crippen LogP contribution in [0.5, 0.6) is 11.5 Å². The molecular weight excluding hydrogens is 428 g/mol. The highest BCUT2D eigenvalue weighted by atomic mass is 16.6. The maximum Gasteiger partial charge on any atom is 0.408 e. The zero-order chi connectivity index (χ0) is 24.6. The standard InChI is InChI=1S/C24H34N2O7/c1-24(2,3)33-23(29)25-18-10-8-7-9-11-19(22(28)32-6)26(21(18)27)15-16-12-13-17(30-4)14-20(16)31-5/h7-8,12-14,18-19H,9-11,15H2,1-6H3,(H,25,29)/b8-7+/t18-,19-/m0/s1. The van der Waals surface area contributed by atoms with Gasteiger partial charge in [0.1, 0.15) is 29.2 Å². The van der Waals surface area contributed by atoms with E-state index in [9.17, 15) is 14.4 Å². The number of amides is 2. The third-order valence-corrected chi connectivity index (χ3v) is 5.10. The molecule has 182 valence electrons. The summed E-state index contributed by atoms with van der Waals surface area (Å²) < 4.78 is 21.1. The Labute approximate surface area is 195 Å². The summed E-state index contributed by atoms with van der Waals surface area (Å²) in [6.07, 6.45) is 4.23. The predicted molar refractivity (Wildman–Crippen MR) is 122 cm³/mol. The molecule has 1 aliphatic rings. The van der Waals surface area contributed by atoms with Gasteiger partial charge in [0.15, 0.2) is 0 Å². The van der Waals surface area contributed by atoms with Gasteiger partial charge >= 0.3 is 12.1 Å². The highest BCUT2D eigenvalue weighted by Crippen LogP contribution is 2.28. The second kappa shape index (κ2) is 11.6. The van der Waals surface area contributed by atoms with Crippen molar-refractivity contribution >= 4 is 18.0 Å². The summed E-state index contributed by atoms with van der Waals surface area (Å²) >= 11 is 0. The summed E-state index contributed by atoms with van der Waals surface area (Å²) in [6, 6.07) is 3.50. The summed E-state index contributed by atoms with van der Waals surface area (Å²) in [5.41, 5.74) is -0.0320. The van der Waals surface area contributed by atoms with Crippen LogP contribution in [0.1, 0.15) is 45.6 Å². The predicted octanol–water partition coefficient (Wildman–Crippen LogP) is 3.21. The van der Waals surface area contributed by atoms with Crippen molar-refractivity contribution in [3.05, 3.63) is 35.9 Å². The van der Waals surface area contributed by atoms with Gasteiger partial charge in [-0.05, 0) is 52.2 Å². The molecule has 0 aromatic heterocycles. The van der Waals surface area contributed by atoms with Crippen LogP contribution in [0.25, 0.3) is 0 Å². The number of hydrogen-bond donors (Lipinski definition) is 1. The molecule has 0 unspecified atom stereocenters. The second-order valence-corrected chi connectivity index (χ2v) is 8.67. The zero-order valence-electron chi connectivity index (χ0n) is 20.2. The second-order valence-electron chi connectivity index (χ2n) is 8.67. The van der Waals surface area contributed by atoms with Gasteiger partial charge in [0.25, 0.3) is 0 Å². The molecule has 33 heavy (non-hydrogen) atoms. The van der Waals surface area contributed by atoms with Crippen LogP contribution in [-0.4, -0.2) is 61.9 Å². The van der Waals surface area contributed by atoms with Crippen LogP contribution in [0.2, 0.25) is 0 Å². The van der Waals surface area contributed by atoms with E-state index in [0.717, 1.165) is 0 Å². The normalized spacial score (nSPS) is 20.1. The summed E-state index contributed by atoms with van der Waals surface area (Å²) in [5.74, 6) is 0.174. The number of nitrogens with one attached hydrogen (secondary N) is 1. The van der Waals surface area contributed by atoms with E-state index in [1.54, 1.807) is 46.1 Å². The number of esters is 1. The molecule has 0 aliphatic carbocycles. The smallest absolute Gasteiger partial charge is 0.408 e. The van der Waals surface area contributed by atoms with Gasteiger partial charge in [-0.1, -0.05) is 12.2 Å². The Morgan fingerprint density at radius 2 is 1.85 bits per heavy atom. The van der Waals surface area contributed by atoms with Gasteiger partial charge in [0.2, 0.25) is 5.91 Å². The Morgan fingerprint density at radius 1 is 1.12 bits per heavy atom. The molecule has 2 amide bonds. The van der Waals surface area contributed by atoms with E-state index < -0.39 is 35.7 Å². The number of carbonyl (C=O) groups is 3. The van der Waals surface area contributed by atoms with Crippen LogP contribution in [0, 0.1) is 0 Å². The quantitative estimate of drug-likeness (QED) is 0.511. The van der Waals surface area contributed by atoms with Crippen LogP contribution in [0.3, 0.4) is 0 Å². The number of nitrogens with zero attached hydrogens (tertiary/aromatic N) is 1. The summed E-state index contributed by atoms with van der Waals surface area (Å²) in [5, 5.41) is 2.65. The average Bonchev–Trinajstić information content (AvgIpc) is 2.83. The Balaban J connectivity index is 2.42. The summed E-state index contributed by atoms with van der Waals surface area (Å²) in [7, 11) is 4.36. The largest absolute Gasteiger partial charge is 0.497 e. The molecule has 1 heterocycles. The minimum atomic E-state index is -0.911. The van der Waals surface area contributed by atoms with Crippen LogP contribution in [-0.2, 0) is 25.6 Å². The third-order valence-electron chi connectivity index (χ3n) is 5.10. The van der Waals surface area contributed by atoms with Crippen molar-refractivity contribution in [2.45, 2.75) is 64.3 Å². The fraction of sp³-hybridized carbons (Fsp3) is 0.542. The molecule has 0 saturated heterocycles. The van der Waals surface area contributed by atoms with Crippen LogP contribution in [0.15, 0.2) is 30.4 Å². The molecule has 0 fully saturated rings. The van der Waals surface area contributed by atoms with E-state index in [2.05, 4.69) is 5.32 Å². The van der Waals surface area contributed by atoms with E-state index >= 15 is 0 Å². The Hall–Kier alpha value is -3.23. The van der Waals surface area contributed by atoms with Gasteiger partial charge in [-0.2, -0.15) is 0 Å². The number of benzene rings is 1. The first kappa shape index (κ1) is 26.0. The van der Waals surface area contributed by atoms with E-state index in [1.165, 1.54) is 19.1 Å². The van der Waals surface area contributed by atoms with Crippen molar-refractivity contribution in [3.8, 4) is 11.5 Å². The van der Waals surface area contributed by atoms with Crippen molar-refractivity contribution in [3.63, 3.8) is 0 Å². The Bertz CT molecular complexity index is 876. The summed E-state index contributed by atoms with van der Waals surface area (Å²) in [4.78, 5) is 40.2. The first-order chi connectivity index (χ1) is 15.6. The molecule has 0 saturated carbocycles. The van der Waals surface area contributed by atoms with Gasteiger partial charge in [-0.3, -0.25) is 4.79 Å². The number of alkyl carbamates (subject to hydrolysis) is 1. The van der Waals surface area contributed by atoms with Crippen molar-refractivity contribution in [1.29, 1.82) is 0 Å². The molecule has 0 bridgehead atoms. The van der Waals surface area contributed by atoms with Crippen molar-refractivity contribution in [1.82, 2.24) is 10.2 Å². The summed E-state index contributed by atoms with van der Waals surface area (Å²) in [6.45, 7) is 5.31. The lowest BCUT2D eigenvalue weighted by Gasteiger charge is -2.33. The van der Waals surface area contributed by atoms with Gasteiger partial charge in [-0.15, -0.1) is 0 Å². The molecule has 1 aliphatic heterocycles. The molecule has 2 rings (SSSR count). The number of methoxy groups -OCH3 is 3. The maximum atomic E-state index is 13.7. The van der Waals surface area contributed by atoms with E-state index in [0.29, 0.717) is 29.9 Å². The van der Waals surface area contributed by atoms with E-state index in [4.69, 9.17) is 18.9 Å². The van der Waals surface area contributed by atoms with Crippen molar-refractivity contribution in [2.24, 2.45) is 0 Å². The monoisotopic (exact) mass is 462 g/mol. The van der Waals surface area contributed by atoms with E-state index in [1.807, 2.05) is 12.2 Å². The topological polar surface area (TPSA) is 103 Å². The highest BCUT2D eigenvalue weighted by Gasteiger charge is 2.36. The lowest BCUT2D eigenvalue weighted by molar-refractivity contribution is -0.154. The third kappa shape index (κ3) is 7.40. The van der Waals surface area contributed by atoms with Crippen molar-refractivity contribution in [2.75, 3.05) is 21.3 Å². The molecule has 9 nitrogen and oxygen atoms in total. The van der Waals surface area contributed by atoms with Crippen LogP contribution >= 0.6 is 0 Å². The first-order valence-corrected chi connectivity index (χ1v) is 10.8. The van der Waals surface area contributed by atoms with Crippen LogP contribution < -0.4 is 14.8 Å². The number of ether oxygens (including phenoxy) is 4. The van der Waals surface area contributed by atoms with Gasteiger partial charge < -0.3 is 29.2 Å². The molecule has 2 atom stereocenters. The molecule has 1 aromatic rings. The van der Waals surface area contributed by atoms with Gasteiger partial charge in [0, 0.05) is 11.6 Å². The molecule has 1 aromatic carbocycles. The number of rotatable bonds is 6. The maximum absolute atomic E-state index is 13.7. The minimum absolute atomic E-state index is 0.0816. The molecule has 0 spiro atoms. The molecular formula is C24H34N2O7. The lowest BCUT2D eigenvalue weighted by Crippen LogP contribution is -2.54. The average molecular weight is 463 g/mol. The van der Waals surface area contributed by atoms with Gasteiger partial charge in [0.05, 0.1) is 27.9 Å². The fourth-order valence-corrected chi connectivity index (χ4v) is 3.52. The number of carbonyl (C=O) groups excluding carboxylic acids is 3. The lowest BCUT2D eigenvalue weighted by atomic mass is 10.1. The number of allylic oxidation sites excluding steroid dienone is 1. The zero-order valence-corrected chi connectivity index (χ0v) is 20.2. The highest BCUT2D eigenvalue weighted by molar-refractivity contribution is 5.90. The van der Waals surface area contributed by atoms with Crippen LogP contribution in [0.4, 0.5) is 4.79 Å². The Kier molecular flexibility index (Phi) is 9.13. The van der Waals surface area contributed by atoms with E-state index in [-0.39, 0.29) is 13.0 Å². The fourth-order valence-electron chi connectivity index (χ4n) is 3.52.